The maximum absolute atomic E-state index is 13.3. The standard InChI is InChI=1S/C13H20FN3O/c14-10-6-11(7-15)17(8-10)13(18)12(16)9-4-2-1-3-5-9/h9-12H,1-6,8,16H2/t10?,11-,12-/m0/s1. The molecule has 0 spiro atoms. The molecule has 1 saturated heterocycles. The van der Waals surface area contributed by atoms with E-state index in [4.69, 9.17) is 11.0 Å². The molecule has 4 nitrogen and oxygen atoms in total. The zero-order valence-corrected chi connectivity index (χ0v) is 10.5. The van der Waals surface area contributed by atoms with Gasteiger partial charge in [-0.15, -0.1) is 0 Å². The molecule has 2 fully saturated rings. The average molecular weight is 253 g/mol. The van der Waals surface area contributed by atoms with E-state index < -0.39 is 18.3 Å². The van der Waals surface area contributed by atoms with E-state index in [0.29, 0.717) is 0 Å². The number of amides is 1. The monoisotopic (exact) mass is 253 g/mol. The van der Waals surface area contributed by atoms with Crippen molar-refractivity contribution in [2.24, 2.45) is 11.7 Å². The Labute approximate surface area is 107 Å². The van der Waals surface area contributed by atoms with Gasteiger partial charge in [0.05, 0.1) is 18.7 Å². The summed E-state index contributed by atoms with van der Waals surface area (Å²) >= 11 is 0. The van der Waals surface area contributed by atoms with Crippen LogP contribution in [-0.2, 0) is 4.79 Å². The van der Waals surface area contributed by atoms with E-state index in [0.717, 1.165) is 25.7 Å². The Morgan fingerprint density at radius 2 is 2.06 bits per heavy atom. The summed E-state index contributed by atoms with van der Waals surface area (Å²) < 4.78 is 13.3. The maximum Gasteiger partial charge on any atom is 0.240 e. The molecule has 2 N–H and O–H groups in total. The lowest BCUT2D eigenvalue weighted by Gasteiger charge is -2.30. The molecule has 1 aliphatic carbocycles. The number of carbonyl (C=O) groups is 1. The average Bonchev–Trinajstić information content (AvgIpc) is 2.79. The minimum absolute atomic E-state index is 0.0253. The van der Waals surface area contributed by atoms with Crippen molar-refractivity contribution in [1.29, 1.82) is 5.26 Å². The molecular weight excluding hydrogens is 233 g/mol. The Bertz CT molecular complexity index is 349. The molecule has 0 aromatic heterocycles. The number of halogens is 1. The third-order valence-corrected chi connectivity index (χ3v) is 4.12. The number of hydrogen-bond acceptors (Lipinski definition) is 3. The molecule has 1 heterocycles. The van der Waals surface area contributed by atoms with Crippen LogP contribution in [0.2, 0.25) is 0 Å². The van der Waals surface area contributed by atoms with E-state index in [1.807, 2.05) is 6.07 Å². The number of nitrogens with two attached hydrogens (primary N) is 1. The molecule has 0 radical (unpaired) electrons. The Morgan fingerprint density at radius 3 is 2.67 bits per heavy atom. The Morgan fingerprint density at radius 1 is 1.39 bits per heavy atom. The van der Waals surface area contributed by atoms with Crippen LogP contribution in [0.25, 0.3) is 0 Å². The van der Waals surface area contributed by atoms with Crippen molar-refractivity contribution >= 4 is 5.91 Å². The lowest BCUT2D eigenvalue weighted by atomic mass is 9.83. The van der Waals surface area contributed by atoms with E-state index in [1.165, 1.54) is 11.3 Å². The number of alkyl halides is 1. The van der Waals surface area contributed by atoms with Gasteiger partial charge in [0.25, 0.3) is 0 Å². The molecule has 2 rings (SSSR count). The summed E-state index contributed by atoms with van der Waals surface area (Å²) in [5.41, 5.74) is 6.01. The zero-order chi connectivity index (χ0) is 13.1. The maximum atomic E-state index is 13.3. The van der Waals surface area contributed by atoms with Crippen LogP contribution in [0.15, 0.2) is 0 Å². The van der Waals surface area contributed by atoms with Crippen molar-refractivity contribution < 1.29 is 9.18 Å². The molecule has 0 aromatic rings. The molecule has 3 atom stereocenters. The van der Waals surface area contributed by atoms with Gasteiger partial charge in [-0.3, -0.25) is 4.79 Å². The second-order valence-corrected chi connectivity index (χ2v) is 5.39. The molecule has 5 heteroatoms. The van der Waals surface area contributed by atoms with Crippen molar-refractivity contribution in [2.45, 2.75) is 56.8 Å². The third-order valence-electron chi connectivity index (χ3n) is 4.12. The highest BCUT2D eigenvalue weighted by Crippen LogP contribution is 2.28. The van der Waals surface area contributed by atoms with Gasteiger partial charge in [-0.05, 0) is 18.8 Å². The second-order valence-electron chi connectivity index (χ2n) is 5.39. The molecule has 1 aliphatic heterocycles. The lowest BCUT2D eigenvalue weighted by Crippen LogP contribution is -2.49. The first-order valence-electron chi connectivity index (χ1n) is 6.73. The van der Waals surface area contributed by atoms with Crippen LogP contribution in [0.1, 0.15) is 38.5 Å². The van der Waals surface area contributed by atoms with Gasteiger partial charge < -0.3 is 10.6 Å². The molecule has 100 valence electrons. The number of carbonyl (C=O) groups excluding carboxylic acids is 1. The first-order chi connectivity index (χ1) is 8.63. The number of nitriles is 1. The SMILES string of the molecule is N#C[C@@H]1CC(F)CN1C(=O)[C@@H](N)C1CCCCC1. The summed E-state index contributed by atoms with van der Waals surface area (Å²) in [5, 5.41) is 8.94. The summed E-state index contributed by atoms with van der Waals surface area (Å²) in [6.07, 6.45) is 4.40. The van der Waals surface area contributed by atoms with Crippen molar-refractivity contribution in [3.63, 3.8) is 0 Å². The highest BCUT2D eigenvalue weighted by atomic mass is 19.1. The highest BCUT2D eigenvalue weighted by Gasteiger charge is 2.39. The van der Waals surface area contributed by atoms with Crippen LogP contribution in [0.5, 0.6) is 0 Å². The summed E-state index contributed by atoms with van der Waals surface area (Å²) in [7, 11) is 0. The molecule has 1 unspecified atom stereocenters. The van der Waals surface area contributed by atoms with Gasteiger partial charge in [0.15, 0.2) is 0 Å². The molecule has 18 heavy (non-hydrogen) atoms. The molecule has 0 aromatic carbocycles. The number of likely N-dealkylation sites (tertiary alicyclic amines) is 1. The number of hydrogen-bond donors (Lipinski definition) is 1. The highest BCUT2D eigenvalue weighted by molar-refractivity contribution is 5.83. The van der Waals surface area contributed by atoms with Gasteiger partial charge >= 0.3 is 0 Å². The molecular formula is C13H20FN3O. The van der Waals surface area contributed by atoms with E-state index in [2.05, 4.69) is 0 Å². The normalized spacial score (nSPS) is 31.1. The molecule has 1 saturated carbocycles. The summed E-state index contributed by atoms with van der Waals surface area (Å²) in [6, 6.07) is 0.792. The zero-order valence-electron chi connectivity index (χ0n) is 10.5. The van der Waals surface area contributed by atoms with Crippen LogP contribution in [0.3, 0.4) is 0 Å². The van der Waals surface area contributed by atoms with E-state index >= 15 is 0 Å². The van der Waals surface area contributed by atoms with Crippen LogP contribution < -0.4 is 5.73 Å². The Hall–Kier alpha value is -1.15. The van der Waals surface area contributed by atoms with E-state index in [9.17, 15) is 9.18 Å². The van der Waals surface area contributed by atoms with E-state index in [1.54, 1.807) is 0 Å². The van der Waals surface area contributed by atoms with Crippen LogP contribution >= 0.6 is 0 Å². The van der Waals surface area contributed by atoms with Gasteiger partial charge in [-0.2, -0.15) is 5.26 Å². The van der Waals surface area contributed by atoms with Gasteiger partial charge in [-0.1, -0.05) is 19.3 Å². The van der Waals surface area contributed by atoms with Crippen molar-refractivity contribution in [3.05, 3.63) is 0 Å². The van der Waals surface area contributed by atoms with Crippen LogP contribution in [-0.4, -0.2) is 35.6 Å². The fourth-order valence-electron chi connectivity index (χ4n) is 3.04. The fraction of sp³-hybridized carbons (Fsp3) is 0.846. The number of nitrogens with zero attached hydrogens (tertiary/aromatic N) is 2. The van der Waals surface area contributed by atoms with Crippen molar-refractivity contribution in [2.75, 3.05) is 6.54 Å². The van der Waals surface area contributed by atoms with Gasteiger partial charge in [0.2, 0.25) is 5.91 Å². The van der Waals surface area contributed by atoms with Gasteiger partial charge in [0, 0.05) is 6.42 Å². The summed E-state index contributed by atoms with van der Waals surface area (Å²) in [5.74, 6) is -0.0437. The topological polar surface area (TPSA) is 70.1 Å². The van der Waals surface area contributed by atoms with Crippen LogP contribution in [0, 0.1) is 17.2 Å². The fourth-order valence-corrected chi connectivity index (χ4v) is 3.04. The number of rotatable bonds is 2. The largest absolute Gasteiger partial charge is 0.322 e. The van der Waals surface area contributed by atoms with Crippen molar-refractivity contribution in [3.8, 4) is 6.07 Å². The minimum atomic E-state index is -1.09. The lowest BCUT2D eigenvalue weighted by molar-refractivity contribution is -0.134. The van der Waals surface area contributed by atoms with E-state index in [-0.39, 0.29) is 24.8 Å². The van der Waals surface area contributed by atoms with Crippen molar-refractivity contribution in [1.82, 2.24) is 4.90 Å². The third kappa shape index (κ3) is 2.64. The Balaban J connectivity index is 1.99. The van der Waals surface area contributed by atoms with Gasteiger partial charge in [-0.25, -0.2) is 4.39 Å². The molecule has 2 aliphatic rings. The predicted molar refractivity (Wildman–Crippen MR) is 65.2 cm³/mol. The quantitative estimate of drug-likeness (QED) is 0.807. The predicted octanol–water partition coefficient (Wildman–Crippen LogP) is 1.36. The summed E-state index contributed by atoms with van der Waals surface area (Å²) in [4.78, 5) is 13.6. The first kappa shape index (κ1) is 13.3. The summed E-state index contributed by atoms with van der Waals surface area (Å²) in [6.45, 7) is 0.0253. The molecule has 1 amide bonds. The molecule has 0 bridgehead atoms. The van der Waals surface area contributed by atoms with Crippen LogP contribution in [0.4, 0.5) is 4.39 Å². The second kappa shape index (κ2) is 5.66. The minimum Gasteiger partial charge on any atom is -0.322 e. The Kier molecular flexibility index (Phi) is 4.18. The first-order valence-corrected chi connectivity index (χ1v) is 6.73. The van der Waals surface area contributed by atoms with Gasteiger partial charge in [0.1, 0.15) is 12.2 Å². The smallest absolute Gasteiger partial charge is 0.240 e.